The Balaban J connectivity index is 2.57. The van der Waals surface area contributed by atoms with Crippen LogP contribution in [0, 0.1) is 0 Å². The number of methoxy groups -OCH3 is 1. The van der Waals surface area contributed by atoms with Gasteiger partial charge in [0.05, 0.1) is 11.6 Å². The Morgan fingerprint density at radius 3 is 2.81 bits per heavy atom. The molecule has 0 aliphatic carbocycles. The summed E-state index contributed by atoms with van der Waals surface area (Å²) < 4.78 is 5.37. The monoisotopic (exact) mass is 228 g/mol. The minimum atomic E-state index is -0.260. The number of amides is 1. The van der Waals surface area contributed by atoms with Gasteiger partial charge in [0.25, 0.3) is 0 Å². The van der Waals surface area contributed by atoms with Crippen LogP contribution in [-0.4, -0.2) is 49.2 Å². The van der Waals surface area contributed by atoms with Crippen molar-refractivity contribution in [2.24, 2.45) is 0 Å². The highest BCUT2D eigenvalue weighted by molar-refractivity contribution is 5.82. The van der Waals surface area contributed by atoms with Crippen LogP contribution in [0.1, 0.15) is 33.6 Å². The summed E-state index contributed by atoms with van der Waals surface area (Å²) in [6.07, 6.45) is 2.03. The largest absolute Gasteiger partial charge is 0.377 e. The Hall–Kier alpha value is -0.610. The van der Waals surface area contributed by atoms with Gasteiger partial charge >= 0.3 is 0 Å². The second kappa shape index (κ2) is 5.64. The minimum Gasteiger partial charge on any atom is -0.377 e. The highest BCUT2D eigenvalue weighted by atomic mass is 16.5. The Kier molecular flexibility index (Phi) is 4.74. The number of hydrogen-bond acceptors (Lipinski definition) is 3. The molecule has 94 valence electrons. The molecule has 0 aromatic carbocycles. The quantitative estimate of drug-likeness (QED) is 0.763. The average molecular weight is 228 g/mol. The van der Waals surface area contributed by atoms with Gasteiger partial charge in [-0.3, -0.25) is 4.79 Å². The minimum absolute atomic E-state index is 0.00593. The summed E-state index contributed by atoms with van der Waals surface area (Å²) in [6.45, 7) is 8.43. The number of carbonyl (C=O) groups is 1. The van der Waals surface area contributed by atoms with Gasteiger partial charge in [-0.25, -0.2) is 0 Å². The van der Waals surface area contributed by atoms with E-state index in [9.17, 15) is 4.79 Å². The zero-order chi connectivity index (χ0) is 12.2. The molecule has 1 fully saturated rings. The Morgan fingerprint density at radius 2 is 2.25 bits per heavy atom. The van der Waals surface area contributed by atoms with Gasteiger partial charge in [-0.05, 0) is 33.2 Å². The predicted octanol–water partition coefficient (Wildman–Crippen LogP) is 1.01. The van der Waals surface area contributed by atoms with Crippen LogP contribution < -0.4 is 5.32 Å². The number of carbonyl (C=O) groups excluding carboxylic acids is 1. The lowest BCUT2D eigenvalue weighted by Crippen LogP contribution is -2.54. The summed E-state index contributed by atoms with van der Waals surface area (Å²) in [6, 6.07) is 0.00593. The number of nitrogens with zero attached hydrogens (tertiary/aromatic N) is 1. The molecular weight excluding hydrogens is 204 g/mol. The van der Waals surface area contributed by atoms with Crippen molar-refractivity contribution in [2.75, 3.05) is 26.7 Å². The van der Waals surface area contributed by atoms with Crippen molar-refractivity contribution in [3.8, 4) is 0 Å². The third kappa shape index (κ3) is 3.46. The van der Waals surface area contributed by atoms with E-state index >= 15 is 0 Å². The number of nitrogens with one attached hydrogen (secondary N) is 1. The van der Waals surface area contributed by atoms with Gasteiger partial charge in [0.2, 0.25) is 5.91 Å². The molecule has 1 rings (SSSR count). The van der Waals surface area contributed by atoms with Crippen LogP contribution in [0.4, 0.5) is 0 Å². The molecule has 1 aliphatic rings. The summed E-state index contributed by atoms with van der Waals surface area (Å²) in [4.78, 5) is 14.0. The first-order chi connectivity index (χ1) is 7.50. The van der Waals surface area contributed by atoms with Gasteiger partial charge in [-0.2, -0.15) is 0 Å². The van der Waals surface area contributed by atoms with Crippen LogP contribution in [-0.2, 0) is 9.53 Å². The number of likely N-dealkylation sites (tertiary alicyclic amines) is 1. The molecule has 0 spiro atoms. The smallest absolute Gasteiger partial charge is 0.239 e. The molecule has 1 amide bonds. The van der Waals surface area contributed by atoms with E-state index in [1.807, 2.05) is 25.7 Å². The number of likely N-dealkylation sites (N-methyl/N-ethyl adjacent to an activating group) is 1. The Bertz CT molecular complexity index is 239. The van der Waals surface area contributed by atoms with Crippen LogP contribution in [0.15, 0.2) is 0 Å². The Labute approximate surface area is 98.3 Å². The van der Waals surface area contributed by atoms with Crippen molar-refractivity contribution in [1.82, 2.24) is 10.2 Å². The van der Waals surface area contributed by atoms with E-state index < -0.39 is 0 Å². The lowest BCUT2D eigenvalue weighted by molar-refractivity contribution is -0.139. The number of rotatable bonds is 5. The third-order valence-corrected chi connectivity index (χ3v) is 3.11. The van der Waals surface area contributed by atoms with E-state index in [0.29, 0.717) is 6.54 Å². The first-order valence-electron chi connectivity index (χ1n) is 6.07. The second-order valence-electron chi connectivity index (χ2n) is 4.98. The van der Waals surface area contributed by atoms with Crippen LogP contribution >= 0.6 is 0 Å². The summed E-state index contributed by atoms with van der Waals surface area (Å²) in [5.74, 6) is 0.221. The van der Waals surface area contributed by atoms with Crippen LogP contribution in [0.5, 0.6) is 0 Å². The number of ether oxygens (including phenoxy) is 1. The van der Waals surface area contributed by atoms with Crippen LogP contribution in [0.2, 0.25) is 0 Å². The highest BCUT2D eigenvalue weighted by Gasteiger charge is 2.31. The molecular formula is C12H24N2O2. The SMILES string of the molecule is CCNC1CCCN(CC(C)(C)OC)C1=O. The highest BCUT2D eigenvalue weighted by Crippen LogP contribution is 2.17. The van der Waals surface area contributed by atoms with Crippen molar-refractivity contribution in [1.29, 1.82) is 0 Å². The Morgan fingerprint density at radius 1 is 1.56 bits per heavy atom. The maximum absolute atomic E-state index is 12.1. The number of hydrogen-bond donors (Lipinski definition) is 1. The fourth-order valence-corrected chi connectivity index (χ4v) is 2.06. The molecule has 1 saturated heterocycles. The third-order valence-electron chi connectivity index (χ3n) is 3.11. The molecule has 1 heterocycles. The molecule has 1 aliphatic heterocycles. The van der Waals surface area contributed by atoms with E-state index in [4.69, 9.17) is 4.74 Å². The molecule has 0 aromatic rings. The van der Waals surface area contributed by atoms with Crippen LogP contribution in [0.3, 0.4) is 0 Å². The van der Waals surface area contributed by atoms with Crippen molar-refractivity contribution >= 4 is 5.91 Å². The van der Waals surface area contributed by atoms with E-state index in [0.717, 1.165) is 25.9 Å². The molecule has 0 radical (unpaired) electrons. The van der Waals surface area contributed by atoms with Gasteiger partial charge in [0, 0.05) is 20.2 Å². The van der Waals surface area contributed by atoms with Gasteiger partial charge in [0.15, 0.2) is 0 Å². The van der Waals surface area contributed by atoms with E-state index in [1.54, 1.807) is 7.11 Å². The average Bonchev–Trinajstić information content (AvgIpc) is 2.24. The molecule has 1 N–H and O–H groups in total. The molecule has 0 bridgehead atoms. The summed E-state index contributed by atoms with van der Waals surface area (Å²) in [7, 11) is 1.69. The van der Waals surface area contributed by atoms with Crippen molar-refractivity contribution < 1.29 is 9.53 Å². The predicted molar refractivity (Wildman–Crippen MR) is 64.4 cm³/mol. The first kappa shape index (κ1) is 13.5. The van der Waals surface area contributed by atoms with Crippen LogP contribution in [0.25, 0.3) is 0 Å². The van der Waals surface area contributed by atoms with Crippen molar-refractivity contribution in [2.45, 2.75) is 45.3 Å². The van der Waals surface area contributed by atoms with Crippen molar-refractivity contribution in [3.63, 3.8) is 0 Å². The standard InChI is InChI=1S/C12H24N2O2/c1-5-13-10-7-6-8-14(11(10)15)9-12(2,3)16-4/h10,13H,5-9H2,1-4H3. The van der Waals surface area contributed by atoms with E-state index in [1.165, 1.54) is 0 Å². The van der Waals surface area contributed by atoms with Crippen molar-refractivity contribution in [3.05, 3.63) is 0 Å². The van der Waals surface area contributed by atoms with Gasteiger partial charge in [-0.1, -0.05) is 6.92 Å². The fraction of sp³-hybridized carbons (Fsp3) is 0.917. The van der Waals surface area contributed by atoms with Gasteiger partial charge in [0.1, 0.15) is 0 Å². The topological polar surface area (TPSA) is 41.6 Å². The van der Waals surface area contributed by atoms with E-state index in [-0.39, 0.29) is 17.6 Å². The summed E-state index contributed by atoms with van der Waals surface area (Å²) in [5, 5.41) is 3.24. The van der Waals surface area contributed by atoms with Gasteiger partial charge < -0.3 is 15.0 Å². The normalized spacial score (nSPS) is 22.6. The molecule has 0 aromatic heterocycles. The molecule has 4 nitrogen and oxygen atoms in total. The zero-order valence-electron chi connectivity index (χ0n) is 10.9. The fourth-order valence-electron chi connectivity index (χ4n) is 2.06. The zero-order valence-corrected chi connectivity index (χ0v) is 10.9. The lowest BCUT2D eigenvalue weighted by Gasteiger charge is -2.37. The molecule has 0 saturated carbocycles. The molecule has 16 heavy (non-hydrogen) atoms. The molecule has 4 heteroatoms. The summed E-state index contributed by atoms with van der Waals surface area (Å²) in [5.41, 5.74) is -0.260. The lowest BCUT2D eigenvalue weighted by atomic mass is 10.0. The second-order valence-corrected chi connectivity index (χ2v) is 4.98. The maximum atomic E-state index is 12.1. The van der Waals surface area contributed by atoms with E-state index in [2.05, 4.69) is 5.32 Å². The summed E-state index contributed by atoms with van der Waals surface area (Å²) >= 11 is 0. The number of piperidine rings is 1. The maximum Gasteiger partial charge on any atom is 0.239 e. The molecule has 1 unspecified atom stereocenters. The van der Waals surface area contributed by atoms with Gasteiger partial charge in [-0.15, -0.1) is 0 Å². The first-order valence-corrected chi connectivity index (χ1v) is 6.07. The molecule has 1 atom stereocenters.